The molecule has 5 heteroatoms. The smallest absolute Gasteiger partial charge is 0.293 e. The molecule has 1 amide bonds. The van der Waals surface area contributed by atoms with Crippen molar-refractivity contribution in [1.29, 1.82) is 0 Å². The summed E-state index contributed by atoms with van der Waals surface area (Å²) in [5.41, 5.74) is 7.49. The normalized spacial score (nSPS) is 16.8. The van der Waals surface area contributed by atoms with E-state index in [4.69, 9.17) is 5.11 Å². The highest BCUT2D eigenvalue weighted by atomic mass is 16.5. The lowest BCUT2D eigenvalue weighted by Gasteiger charge is -2.46. The van der Waals surface area contributed by atoms with Crippen molar-refractivity contribution in [2.24, 2.45) is 0 Å². The summed E-state index contributed by atoms with van der Waals surface area (Å²) >= 11 is 0. The van der Waals surface area contributed by atoms with E-state index < -0.39 is 11.0 Å². The minimum atomic E-state index is -0.500. The summed E-state index contributed by atoms with van der Waals surface area (Å²) in [6.45, 7) is 26.0. The van der Waals surface area contributed by atoms with E-state index in [9.17, 15) is 9.59 Å². The summed E-state index contributed by atoms with van der Waals surface area (Å²) in [7, 11) is 0. The zero-order valence-electron chi connectivity index (χ0n) is 25.4. The Morgan fingerprint density at radius 3 is 1.89 bits per heavy atom. The van der Waals surface area contributed by atoms with Gasteiger partial charge in [-0.1, -0.05) is 40.0 Å². The molecular weight excluding hydrogens is 450 g/mol. The molecule has 0 bridgehead atoms. The number of aliphatic hydroxyl groups is 1. The van der Waals surface area contributed by atoms with Crippen molar-refractivity contribution in [3.63, 3.8) is 0 Å². The van der Waals surface area contributed by atoms with Gasteiger partial charge in [0.25, 0.3) is 6.47 Å². The minimum Gasteiger partial charge on any atom is -0.468 e. The van der Waals surface area contributed by atoms with Gasteiger partial charge in [-0.25, -0.2) is 0 Å². The highest BCUT2D eigenvalue weighted by Crippen LogP contribution is 2.43. The summed E-state index contributed by atoms with van der Waals surface area (Å²) in [6, 6.07) is 0.449. The third kappa shape index (κ3) is 9.21. The van der Waals surface area contributed by atoms with Crippen molar-refractivity contribution in [1.82, 2.24) is 4.90 Å². The fourth-order valence-corrected chi connectivity index (χ4v) is 5.34. The molecule has 0 aromatic heterocycles. The topological polar surface area (TPSA) is 66.8 Å². The number of carbonyl (C=O) groups is 2. The number of hydrogen-bond acceptors (Lipinski definition) is 4. The molecule has 0 spiro atoms. The molecule has 0 atom stereocenters. The lowest BCUT2D eigenvalue weighted by Crippen LogP contribution is -2.53. The molecule has 36 heavy (non-hydrogen) atoms. The van der Waals surface area contributed by atoms with Crippen LogP contribution in [-0.4, -0.2) is 40.6 Å². The molecule has 3 rings (SSSR count). The van der Waals surface area contributed by atoms with Gasteiger partial charge in [-0.15, -0.1) is 0 Å². The number of rotatable bonds is 4. The van der Waals surface area contributed by atoms with E-state index in [-0.39, 0.29) is 0 Å². The Bertz CT molecular complexity index is 824. The molecule has 1 N–H and O–H groups in total. The average molecular weight is 506 g/mol. The van der Waals surface area contributed by atoms with Gasteiger partial charge in [0.05, 0.1) is 17.6 Å². The maximum atomic E-state index is 13.4. The van der Waals surface area contributed by atoms with Gasteiger partial charge in [0.15, 0.2) is 0 Å². The molecule has 1 fully saturated rings. The molecule has 208 valence electrons. The average Bonchev–Trinajstić information content (AvgIpc) is 2.81. The second kappa shape index (κ2) is 15.4. The number of carbonyl (C=O) groups excluding carboxylic acids is 2. The monoisotopic (exact) mass is 505 g/mol. The molecule has 0 saturated heterocycles. The second-order valence-electron chi connectivity index (χ2n) is 11.1. The van der Waals surface area contributed by atoms with Crippen LogP contribution in [0.4, 0.5) is 0 Å². The van der Waals surface area contributed by atoms with Crippen molar-refractivity contribution < 1.29 is 19.4 Å². The summed E-state index contributed by atoms with van der Waals surface area (Å²) in [5.74, 6) is 0.343. The van der Waals surface area contributed by atoms with Gasteiger partial charge >= 0.3 is 0 Å². The molecule has 1 aromatic rings. The summed E-state index contributed by atoms with van der Waals surface area (Å²) in [6.07, 6.45) is 7.28. The number of hydrogen-bond donors (Lipinski definition) is 1. The van der Waals surface area contributed by atoms with Gasteiger partial charge in [0, 0.05) is 12.6 Å². The van der Waals surface area contributed by atoms with Crippen LogP contribution in [-0.2, 0) is 32.7 Å². The number of amides is 1. The fraction of sp³-hybridized carbons (Fsp3) is 0.742. The Labute approximate surface area is 222 Å². The highest BCUT2D eigenvalue weighted by molar-refractivity contribution is 5.90. The van der Waals surface area contributed by atoms with Crippen LogP contribution < -0.4 is 0 Å². The van der Waals surface area contributed by atoms with E-state index in [1.54, 1.807) is 27.7 Å². The Morgan fingerprint density at radius 1 is 1.00 bits per heavy atom. The SMILES string of the molecule is CC.CC(C)(C)O.CCOC=O.CCc1c(C)c(C)c2c(c1C)C(C)(C)C(=O)N(C1CCCCC1)C2. The number of nitrogens with zero attached hydrogens (tertiary/aromatic N) is 1. The zero-order valence-corrected chi connectivity index (χ0v) is 25.4. The van der Waals surface area contributed by atoms with E-state index in [0.717, 1.165) is 13.0 Å². The maximum Gasteiger partial charge on any atom is 0.293 e. The lowest BCUT2D eigenvalue weighted by molar-refractivity contribution is -0.141. The molecule has 5 nitrogen and oxygen atoms in total. The molecule has 0 unspecified atom stereocenters. The highest BCUT2D eigenvalue weighted by Gasteiger charge is 2.44. The first-order chi connectivity index (χ1) is 16.7. The standard InChI is InChI=1S/C22H33NO.C4H10O.C3H6O2.C2H6/c1-7-18-14(2)15(3)19-13-23(17-11-9-8-10-12-17)21(24)22(5,6)20(19)16(18)4;1-4(2,3)5;1-2-5-3-4;1-2/h17H,7-13H2,1-6H3;5H,1-3H3;3H,2H2,1H3;1-2H3. The summed E-state index contributed by atoms with van der Waals surface area (Å²) in [5, 5.41) is 8.52. The molecule has 2 aliphatic rings. The zero-order chi connectivity index (χ0) is 28.3. The van der Waals surface area contributed by atoms with Crippen LogP contribution in [0, 0.1) is 20.8 Å². The van der Waals surface area contributed by atoms with Crippen molar-refractivity contribution >= 4 is 12.4 Å². The Hall–Kier alpha value is -1.88. The van der Waals surface area contributed by atoms with Crippen LogP contribution in [0.1, 0.15) is 128 Å². The van der Waals surface area contributed by atoms with Gasteiger partial charge in [0.1, 0.15) is 0 Å². The molecule has 1 aliphatic heterocycles. The summed E-state index contributed by atoms with van der Waals surface area (Å²) < 4.78 is 4.15. The summed E-state index contributed by atoms with van der Waals surface area (Å²) in [4.78, 5) is 24.8. The first-order valence-corrected chi connectivity index (χ1v) is 13.9. The van der Waals surface area contributed by atoms with E-state index in [1.807, 2.05) is 13.8 Å². The van der Waals surface area contributed by atoms with Gasteiger partial charge < -0.3 is 14.7 Å². The third-order valence-electron chi connectivity index (χ3n) is 6.95. The van der Waals surface area contributed by atoms with E-state index in [2.05, 4.69) is 51.2 Å². The van der Waals surface area contributed by atoms with Gasteiger partial charge in [-0.05, 0) is 115 Å². The molecule has 0 radical (unpaired) electrons. The van der Waals surface area contributed by atoms with Gasteiger partial charge in [-0.2, -0.15) is 0 Å². The van der Waals surface area contributed by atoms with Crippen molar-refractivity contribution in [2.75, 3.05) is 6.61 Å². The molecule has 1 heterocycles. The third-order valence-corrected chi connectivity index (χ3v) is 6.95. The van der Waals surface area contributed by atoms with E-state index in [1.165, 1.54) is 65.5 Å². The molecule has 1 saturated carbocycles. The molecule has 1 aliphatic carbocycles. The van der Waals surface area contributed by atoms with E-state index >= 15 is 0 Å². The van der Waals surface area contributed by atoms with Crippen LogP contribution >= 0.6 is 0 Å². The quantitative estimate of drug-likeness (QED) is 0.443. The lowest BCUT2D eigenvalue weighted by atomic mass is 9.71. The second-order valence-corrected chi connectivity index (χ2v) is 11.1. The first kappa shape index (κ1) is 34.1. The van der Waals surface area contributed by atoms with Crippen LogP contribution in [0.5, 0.6) is 0 Å². The van der Waals surface area contributed by atoms with Crippen LogP contribution in [0.25, 0.3) is 0 Å². The number of fused-ring (bicyclic) bond motifs is 1. The van der Waals surface area contributed by atoms with Crippen molar-refractivity contribution in [3.8, 4) is 0 Å². The Balaban J connectivity index is 0.000000859. The Morgan fingerprint density at radius 2 is 1.50 bits per heavy atom. The van der Waals surface area contributed by atoms with Gasteiger partial charge in [0.2, 0.25) is 5.91 Å². The fourth-order valence-electron chi connectivity index (χ4n) is 5.34. The molecule has 1 aromatic carbocycles. The van der Waals surface area contributed by atoms with Crippen molar-refractivity contribution in [2.45, 2.75) is 145 Å². The molecular formula is C31H55NO4. The van der Waals surface area contributed by atoms with Crippen LogP contribution in [0.2, 0.25) is 0 Å². The Kier molecular flexibility index (Phi) is 14.6. The number of benzene rings is 1. The first-order valence-electron chi connectivity index (χ1n) is 13.9. The van der Waals surface area contributed by atoms with Crippen LogP contribution in [0.3, 0.4) is 0 Å². The van der Waals surface area contributed by atoms with E-state index in [0.29, 0.717) is 25.0 Å². The predicted octanol–water partition coefficient (Wildman–Crippen LogP) is 7.11. The number of ether oxygens (including phenoxy) is 1. The van der Waals surface area contributed by atoms with Gasteiger partial charge in [-0.3, -0.25) is 9.59 Å². The van der Waals surface area contributed by atoms with Crippen LogP contribution in [0.15, 0.2) is 0 Å². The largest absolute Gasteiger partial charge is 0.468 e. The maximum absolute atomic E-state index is 13.4. The minimum absolute atomic E-state index is 0.343. The predicted molar refractivity (Wildman–Crippen MR) is 151 cm³/mol. The van der Waals surface area contributed by atoms with Crippen molar-refractivity contribution in [3.05, 3.63) is 33.4 Å².